The summed E-state index contributed by atoms with van der Waals surface area (Å²) in [4.78, 5) is 9.21. The summed E-state index contributed by atoms with van der Waals surface area (Å²) in [5, 5.41) is 3.12. The van der Waals surface area contributed by atoms with Crippen molar-refractivity contribution in [2.24, 2.45) is 0 Å². The lowest BCUT2D eigenvalue weighted by atomic mass is 10.1. The maximum atomic E-state index is 4.66. The van der Waals surface area contributed by atoms with Crippen LogP contribution in [-0.2, 0) is 5.75 Å². The summed E-state index contributed by atoms with van der Waals surface area (Å²) >= 11 is 5.44. The molecule has 0 amide bonds. The van der Waals surface area contributed by atoms with Gasteiger partial charge in [0.25, 0.3) is 0 Å². The van der Waals surface area contributed by atoms with Gasteiger partial charge in [0.2, 0.25) is 0 Å². The van der Waals surface area contributed by atoms with E-state index >= 15 is 0 Å². The Morgan fingerprint density at radius 3 is 2.33 bits per heavy atom. The monoisotopic (exact) mass is 331 g/mol. The van der Waals surface area contributed by atoms with Gasteiger partial charge in [-0.25, -0.2) is 9.97 Å². The minimum absolute atomic E-state index is 0.230. The highest BCUT2D eigenvalue weighted by Gasteiger charge is 2.16. The van der Waals surface area contributed by atoms with E-state index in [1.54, 1.807) is 0 Å². The second-order valence-electron chi connectivity index (χ2n) is 5.49. The lowest BCUT2D eigenvalue weighted by Gasteiger charge is -2.18. The highest BCUT2D eigenvalue weighted by atomic mass is 79.9. The van der Waals surface area contributed by atoms with Gasteiger partial charge in [-0.3, -0.25) is 0 Å². The van der Waals surface area contributed by atoms with Crippen LogP contribution in [0.2, 0.25) is 0 Å². The van der Waals surface area contributed by atoms with Crippen LogP contribution in [-0.4, -0.2) is 21.8 Å². The largest absolute Gasteiger partial charge is 0.372 e. The van der Waals surface area contributed by atoms with E-state index in [-0.39, 0.29) is 4.75 Å². The molecule has 0 atom stereocenters. The number of thioether (sulfide) groups is 1. The molecule has 0 unspecified atom stereocenters. The maximum Gasteiger partial charge on any atom is 0.144 e. The van der Waals surface area contributed by atoms with E-state index in [0.29, 0.717) is 5.92 Å². The molecule has 3 nitrogen and oxygen atoms in total. The van der Waals surface area contributed by atoms with E-state index in [9.17, 15) is 0 Å². The molecule has 102 valence electrons. The van der Waals surface area contributed by atoms with Crippen LogP contribution in [0.15, 0.2) is 4.47 Å². The van der Waals surface area contributed by atoms with Crippen molar-refractivity contribution < 1.29 is 0 Å². The van der Waals surface area contributed by atoms with Crippen molar-refractivity contribution in [3.05, 3.63) is 16.0 Å². The maximum absolute atomic E-state index is 4.66. The number of rotatable bonds is 4. The molecule has 0 aliphatic carbocycles. The van der Waals surface area contributed by atoms with Crippen molar-refractivity contribution in [3.8, 4) is 0 Å². The Morgan fingerprint density at radius 1 is 1.28 bits per heavy atom. The molecular formula is C13H22BrN3S. The van der Waals surface area contributed by atoms with Crippen molar-refractivity contribution >= 4 is 33.5 Å². The third-order valence-electron chi connectivity index (χ3n) is 2.34. The Bertz CT molecular complexity index is 413. The fourth-order valence-electron chi connectivity index (χ4n) is 1.41. The molecular weight excluding hydrogens is 310 g/mol. The summed E-state index contributed by atoms with van der Waals surface area (Å²) in [6, 6.07) is 0. The first-order valence-corrected chi connectivity index (χ1v) is 7.90. The lowest BCUT2D eigenvalue weighted by molar-refractivity contribution is 0.783. The van der Waals surface area contributed by atoms with Gasteiger partial charge in [0.05, 0.1) is 15.9 Å². The summed E-state index contributed by atoms with van der Waals surface area (Å²) in [6.07, 6.45) is 0. The molecule has 18 heavy (non-hydrogen) atoms. The molecule has 0 spiro atoms. The Kier molecular flexibility index (Phi) is 5.46. The number of nitrogens with one attached hydrogen (secondary N) is 1. The molecule has 5 heteroatoms. The predicted octanol–water partition coefficient (Wildman–Crippen LogP) is 4.44. The molecule has 0 bridgehead atoms. The van der Waals surface area contributed by atoms with Gasteiger partial charge in [-0.15, -0.1) is 11.8 Å². The lowest BCUT2D eigenvalue weighted by Crippen LogP contribution is -2.11. The molecule has 0 saturated heterocycles. The Morgan fingerprint density at radius 2 is 1.89 bits per heavy atom. The summed E-state index contributed by atoms with van der Waals surface area (Å²) in [5.74, 6) is 2.99. The number of hydrogen-bond acceptors (Lipinski definition) is 4. The highest BCUT2D eigenvalue weighted by molar-refractivity contribution is 9.10. The minimum Gasteiger partial charge on any atom is -0.372 e. The topological polar surface area (TPSA) is 37.8 Å². The first-order valence-electron chi connectivity index (χ1n) is 6.12. The van der Waals surface area contributed by atoms with Crippen LogP contribution in [0.3, 0.4) is 0 Å². The molecule has 0 aliphatic heterocycles. The fourth-order valence-corrected chi connectivity index (χ4v) is 2.93. The van der Waals surface area contributed by atoms with Gasteiger partial charge in [0.15, 0.2) is 0 Å². The van der Waals surface area contributed by atoms with Gasteiger partial charge < -0.3 is 5.32 Å². The molecule has 0 saturated carbocycles. The second kappa shape index (κ2) is 6.24. The number of aromatic nitrogens is 2. The van der Waals surface area contributed by atoms with E-state index in [0.717, 1.165) is 27.6 Å². The zero-order valence-corrected chi connectivity index (χ0v) is 14.4. The van der Waals surface area contributed by atoms with E-state index in [1.807, 2.05) is 18.8 Å². The quantitative estimate of drug-likeness (QED) is 0.885. The summed E-state index contributed by atoms with van der Waals surface area (Å²) in [6.45, 7) is 10.9. The van der Waals surface area contributed by atoms with Crippen LogP contribution in [0.25, 0.3) is 0 Å². The number of halogens is 1. The number of hydrogen-bond donors (Lipinski definition) is 1. The van der Waals surface area contributed by atoms with Crippen molar-refractivity contribution in [3.63, 3.8) is 0 Å². The molecule has 1 aromatic heterocycles. The normalized spacial score (nSPS) is 12.0. The molecule has 1 aromatic rings. The fraction of sp³-hybridized carbons (Fsp3) is 0.692. The van der Waals surface area contributed by atoms with Crippen molar-refractivity contribution in [1.82, 2.24) is 9.97 Å². The SMILES string of the molecule is CNc1nc(CSC(C)(C)C)nc(C(C)C)c1Br. The van der Waals surface area contributed by atoms with E-state index in [4.69, 9.17) is 0 Å². The molecule has 1 heterocycles. The zero-order valence-electron chi connectivity index (χ0n) is 12.0. The Labute approximate surface area is 123 Å². The summed E-state index contributed by atoms with van der Waals surface area (Å²) < 4.78 is 1.21. The van der Waals surface area contributed by atoms with Crippen LogP contribution in [0, 0.1) is 0 Å². The van der Waals surface area contributed by atoms with Gasteiger partial charge in [-0.2, -0.15) is 0 Å². The van der Waals surface area contributed by atoms with Crippen molar-refractivity contribution in [2.75, 3.05) is 12.4 Å². The first kappa shape index (κ1) is 15.8. The summed E-state index contributed by atoms with van der Waals surface area (Å²) in [5.41, 5.74) is 1.07. The third kappa shape index (κ3) is 4.43. The molecule has 1 rings (SSSR count). The zero-order chi connectivity index (χ0) is 13.9. The van der Waals surface area contributed by atoms with E-state index < -0.39 is 0 Å². The van der Waals surface area contributed by atoms with Gasteiger partial charge in [0.1, 0.15) is 11.6 Å². The van der Waals surface area contributed by atoms with Crippen LogP contribution in [0.5, 0.6) is 0 Å². The predicted molar refractivity (Wildman–Crippen MR) is 84.4 cm³/mol. The Hall–Kier alpha value is -0.290. The van der Waals surface area contributed by atoms with Crippen molar-refractivity contribution in [1.29, 1.82) is 0 Å². The molecule has 0 aromatic carbocycles. The molecule has 0 aliphatic rings. The smallest absolute Gasteiger partial charge is 0.144 e. The van der Waals surface area contributed by atoms with Gasteiger partial charge in [0, 0.05) is 11.8 Å². The van der Waals surface area contributed by atoms with Crippen LogP contribution < -0.4 is 5.32 Å². The number of nitrogens with zero attached hydrogens (tertiary/aromatic N) is 2. The van der Waals surface area contributed by atoms with Crippen LogP contribution >= 0.6 is 27.7 Å². The van der Waals surface area contributed by atoms with Crippen LogP contribution in [0.1, 0.15) is 52.1 Å². The number of anilines is 1. The highest BCUT2D eigenvalue weighted by Crippen LogP contribution is 2.31. The average molecular weight is 332 g/mol. The standard InChI is InChI=1S/C13H22BrN3S/c1-8(2)11-10(14)12(15-6)17-9(16-11)7-18-13(3,4)5/h8H,7H2,1-6H3,(H,15,16,17). The van der Waals surface area contributed by atoms with Gasteiger partial charge >= 0.3 is 0 Å². The molecule has 1 N–H and O–H groups in total. The summed E-state index contributed by atoms with van der Waals surface area (Å²) in [7, 11) is 1.89. The minimum atomic E-state index is 0.230. The Balaban J connectivity index is 3.03. The third-order valence-corrected chi connectivity index (χ3v) is 4.39. The second-order valence-corrected chi connectivity index (χ2v) is 8.09. The molecule has 0 fully saturated rings. The average Bonchev–Trinajstić information content (AvgIpc) is 2.26. The van der Waals surface area contributed by atoms with Crippen LogP contribution in [0.4, 0.5) is 5.82 Å². The van der Waals surface area contributed by atoms with Crippen molar-refractivity contribution in [2.45, 2.75) is 51.0 Å². The van der Waals surface area contributed by atoms with E-state index in [1.165, 1.54) is 0 Å². The molecule has 0 radical (unpaired) electrons. The first-order chi connectivity index (χ1) is 8.24. The van der Waals surface area contributed by atoms with Gasteiger partial charge in [-0.05, 0) is 21.8 Å². The van der Waals surface area contributed by atoms with E-state index in [2.05, 4.69) is 65.8 Å². The van der Waals surface area contributed by atoms with Gasteiger partial charge in [-0.1, -0.05) is 34.6 Å².